The Kier molecular flexibility index (Phi) is 5.07. The molecule has 20 heavy (non-hydrogen) atoms. The van der Waals surface area contributed by atoms with Crippen molar-refractivity contribution in [2.24, 2.45) is 0 Å². The molecule has 0 aromatic heterocycles. The molecule has 0 aliphatic heterocycles. The van der Waals surface area contributed by atoms with Gasteiger partial charge in [0, 0.05) is 15.5 Å². The highest BCUT2D eigenvalue weighted by Crippen LogP contribution is 2.27. The van der Waals surface area contributed by atoms with Crippen LogP contribution in [0.1, 0.15) is 15.9 Å². The van der Waals surface area contributed by atoms with Gasteiger partial charge in [0.05, 0.1) is 16.3 Å². The van der Waals surface area contributed by atoms with E-state index >= 15 is 0 Å². The summed E-state index contributed by atoms with van der Waals surface area (Å²) in [5.41, 5.74) is 2.02. The van der Waals surface area contributed by atoms with Crippen molar-refractivity contribution >= 4 is 55.1 Å². The van der Waals surface area contributed by atoms with E-state index in [2.05, 4.69) is 37.2 Å². The van der Waals surface area contributed by atoms with Gasteiger partial charge in [-0.1, -0.05) is 49.5 Å². The number of nitrogens with one attached hydrogen (secondary N) is 1. The summed E-state index contributed by atoms with van der Waals surface area (Å²) in [5, 5.41) is 12.8. The van der Waals surface area contributed by atoms with Crippen LogP contribution in [-0.4, -0.2) is 11.1 Å². The zero-order valence-corrected chi connectivity index (χ0v) is 14.1. The van der Waals surface area contributed by atoms with Crippen LogP contribution in [0.25, 0.3) is 0 Å². The first-order valence-electron chi connectivity index (χ1n) is 5.68. The Morgan fingerprint density at radius 1 is 1.20 bits per heavy atom. The van der Waals surface area contributed by atoms with E-state index < -0.39 is 5.97 Å². The second-order valence-corrected chi connectivity index (χ2v) is 6.27. The van der Waals surface area contributed by atoms with Gasteiger partial charge < -0.3 is 10.4 Å². The largest absolute Gasteiger partial charge is 0.478 e. The third-order valence-electron chi connectivity index (χ3n) is 2.70. The van der Waals surface area contributed by atoms with Crippen molar-refractivity contribution < 1.29 is 9.90 Å². The first-order chi connectivity index (χ1) is 9.47. The molecule has 0 bridgehead atoms. The van der Waals surface area contributed by atoms with Crippen molar-refractivity contribution in [3.63, 3.8) is 0 Å². The van der Waals surface area contributed by atoms with E-state index in [0.717, 1.165) is 20.2 Å². The average Bonchev–Trinajstić information content (AvgIpc) is 2.40. The maximum absolute atomic E-state index is 10.9. The summed E-state index contributed by atoms with van der Waals surface area (Å²) in [4.78, 5) is 10.9. The van der Waals surface area contributed by atoms with E-state index in [9.17, 15) is 4.79 Å². The number of aromatic carboxylic acids is 1. The Morgan fingerprint density at radius 3 is 2.60 bits per heavy atom. The molecule has 0 aliphatic carbocycles. The van der Waals surface area contributed by atoms with Crippen LogP contribution < -0.4 is 5.32 Å². The van der Waals surface area contributed by atoms with Gasteiger partial charge >= 0.3 is 5.97 Å². The topological polar surface area (TPSA) is 49.3 Å². The SMILES string of the molecule is O=C(O)c1ccc(CNc2cc(Br)ccc2Cl)c(Br)c1. The zero-order chi connectivity index (χ0) is 14.7. The van der Waals surface area contributed by atoms with Crippen LogP contribution in [0.4, 0.5) is 5.69 Å². The van der Waals surface area contributed by atoms with Gasteiger partial charge in [0.25, 0.3) is 0 Å². The molecule has 6 heteroatoms. The highest BCUT2D eigenvalue weighted by atomic mass is 79.9. The van der Waals surface area contributed by atoms with Crippen LogP contribution in [0, 0.1) is 0 Å². The zero-order valence-electron chi connectivity index (χ0n) is 10.2. The minimum absolute atomic E-state index is 0.251. The monoisotopic (exact) mass is 417 g/mol. The quantitative estimate of drug-likeness (QED) is 0.718. The number of anilines is 1. The molecule has 2 aromatic carbocycles. The predicted octanol–water partition coefficient (Wildman–Crippen LogP) is 5.18. The molecule has 0 saturated carbocycles. The first kappa shape index (κ1) is 15.4. The van der Waals surface area contributed by atoms with Gasteiger partial charge in [-0.15, -0.1) is 0 Å². The average molecular weight is 420 g/mol. The molecule has 2 rings (SSSR count). The Hall–Kier alpha value is -1.04. The van der Waals surface area contributed by atoms with Crippen molar-refractivity contribution in [1.29, 1.82) is 0 Å². The van der Waals surface area contributed by atoms with E-state index in [-0.39, 0.29) is 5.56 Å². The summed E-state index contributed by atoms with van der Waals surface area (Å²) in [5.74, 6) is -0.944. The molecule has 0 amide bonds. The molecule has 3 nitrogen and oxygen atoms in total. The lowest BCUT2D eigenvalue weighted by Gasteiger charge is -2.11. The lowest BCUT2D eigenvalue weighted by Crippen LogP contribution is -2.03. The lowest BCUT2D eigenvalue weighted by molar-refractivity contribution is 0.0697. The van der Waals surface area contributed by atoms with Gasteiger partial charge in [-0.05, 0) is 35.9 Å². The maximum atomic E-state index is 10.9. The summed E-state index contributed by atoms with van der Waals surface area (Å²) in [6.07, 6.45) is 0. The Morgan fingerprint density at radius 2 is 1.95 bits per heavy atom. The normalized spacial score (nSPS) is 10.3. The Bertz CT molecular complexity index is 662. The minimum atomic E-state index is -0.944. The van der Waals surface area contributed by atoms with Crippen molar-refractivity contribution in [3.05, 3.63) is 61.5 Å². The molecule has 0 fully saturated rings. The fourth-order valence-electron chi connectivity index (χ4n) is 1.65. The number of hydrogen-bond donors (Lipinski definition) is 2. The smallest absolute Gasteiger partial charge is 0.335 e. The van der Waals surface area contributed by atoms with Gasteiger partial charge in [-0.2, -0.15) is 0 Å². The fraction of sp³-hybridized carbons (Fsp3) is 0.0714. The number of carbonyl (C=O) groups is 1. The second-order valence-electron chi connectivity index (χ2n) is 4.09. The molecule has 0 spiro atoms. The van der Waals surface area contributed by atoms with Gasteiger partial charge in [-0.3, -0.25) is 0 Å². The van der Waals surface area contributed by atoms with Crippen LogP contribution in [-0.2, 0) is 6.54 Å². The first-order valence-corrected chi connectivity index (χ1v) is 7.64. The molecule has 0 radical (unpaired) electrons. The summed E-state index contributed by atoms with van der Waals surface area (Å²) < 4.78 is 1.68. The van der Waals surface area contributed by atoms with E-state index in [0.29, 0.717) is 11.6 Å². The number of halogens is 3. The Balaban J connectivity index is 2.15. The summed E-state index contributed by atoms with van der Waals surface area (Å²) >= 11 is 12.9. The van der Waals surface area contributed by atoms with Crippen LogP contribution in [0.15, 0.2) is 45.3 Å². The third-order valence-corrected chi connectivity index (χ3v) is 4.26. The molecule has 2 N–H and O–H groups in total. The van der Waals surface area contributed by atoms with Gasteiger partial charge in [0.2, 0.25) is 0 Å². The predicted molar refractivity (Wildman–Crippen MR) is 87.6 cm³/mol. The molecule has 0 atom stereocenters. The second kappa shape index (κ2) is 6.61. The Labute approximate surface area is 138 Å². The summed E-state index contributed by atoms with van der Waals surface area (Å²) in [7, 11) is 0. The number of benzene rings is 2. The van der Waals surface area contributed by atoms with Crippen molar-refractivity contribution in [2.75, 3.05) is 5.32 Å². The molecule has 104 valence electrons. The highest BCUT2D eigenvalue weighted by molar-refractivity contribution is 9.10. The summed E-state index contributed by atoms with van der Waals surface area (Å²) in [6.45, 7) is 0.538. The molecule has 2 aromatic rings. The summed E-state index contributed by atoms with van der Waals surface area (Å²) in [6, 6.07) is 10.5. The third kappa shape index (κ3) is 3.75. The number of carboxylic acids is 1. The number of carboxylic acid groups (broad SMARTS) is 1. The fourth-order valence-corrected chi connectivity index (χ4v) is 2.71. The number of rotatable bonds is 4. The van der Waals surface area contributed by atoms with E-state index in [1.807, 2.05) is 12.1 Å². The van der Waals surface area contributed by atoms with Crippen LogP contribution in [0.3, 0.4) is 0 Å². The van der Waals surface area contributed by atoms with Crippen LogP contribution >= 0.6 is 43.5 Å². The number of hydrogen-bond acceptors (Lipinski definition) is 2. The van der Waals surface area contributed by atoms with E-state index in [1.54, 1.807) is 24.3 Å². The van der Waals surface area contributed by atoms with Gasteiger partial charge in [-0.25, -0.2) is 4.79 Å². The molecule has 0 heterocycles. The molecule has 0 saturated heterocycles. The van der Waals surface area contributed by atoms with Crippen molar-refractivity contribution in [3.8, 4) is 0 Å². The molecular weight excluding hydrogens is 409 g/mol. The van der Waals surface area contributed by atoms with E-state index in [1.165, 1.54) is 0 Å². The maximum Gasteiger partial charge on any atom is 0.335 e. The van der Waals surface area contributed by atoms with Crippen molar-refractivity contribution in [2.45, 2.75) is 6.54 Å². The van der Waals surface area contributed by atoms with Crippen LogP contribution in [0.5, 0.6) is 0 Å². The van der Waals surface area contributed by atoms with Gasteiger partial charge in [0.1, 0.15) is 0 Å². The van der Waals surface area contributed by atoms with E-state index in [4.69, 9.17) is 16.7 Å². The van der Waals surface area contributed by atoms with Crippen molar-refractivity contribution in [1.82, 2.24) is 0 Å². The molecular formula is C14H10Br2ClNO2. The standard InChI is InChI=1S/C14H10Br2ClNO2/c15-10-3-4-12(17)13(6-10)18-7-9-2-1-8(14(19)20)5-11(9)16/h1-6,18H,7H2,(H,19,20). The highest BCUT2D eigenvalue weighted by Gasteiger charge is 2.07. The van der Waals surface area contributed by atoms with Gasteiger partial charge in [0.15, 0.2) is 0 Å². The lowest BCUT2D eigenvalue weighted by atomic mass is 10.1. The minimum Gasteiger partial charge on any atom is -0.478 e. The molecule has 0 aliphatic rings. The molecule has 0 unspecified atom stereocenters. The van der Waals surface area contributed by atoms with Crippen LogP contribution in [0.2, 0.25) is 5.02 Å².